The third kappa shape index (κ3) is 5.29. The molecule has 0 atom stereocenters. The molecule has 0 N–H and O–H groups in total. The van der Waals surface area contributed by atoms with Crippen molar-refractivity contribution in [1.29, 1.82) is 0 Å². The third-order valence-electron chi connectivity index (χ3n) is 4.37. The normalized spacial score (nSPS) is 13.2. The van der Waals surface area contributed by atoms with Crippen LogP contribution in [0.25, 0.3) is 12.2 Å². The average molecular weight is 421 g/mol. The van der Waals surface area contributed by atoms with Gasteiger partial charge in [-0.25, -0.2) is 0 Å². The summed E-state index contributed by atoms with van der Waals surface area (Å²) in [7, 11) is 0. The number of likely N-dealkylation sites (N-methyl/N-ethyl adjacent to an activating group) is 1. The number of carbonyl (C=O) groups excluding carboxylic acids is 2. The van der Waals surface area contributed by atoms with Crippen LogP contribution in [0.1, 0.15) is 44.4 Å². The topological polar surface area (TPSA) is 59.4 Å². The highest BCUT2D eigenvalue weighted by Crippen LogP contribution is 2.16. The number of ketones is 1. The summed E-state index contributed by atoms with van der Waals surface area (Å²) >= 11 is 2.86. The van der Waals surface area contributed by atoms with Crippen molar-refractivity contribution in [3.8, 4) is 0 Å². The lowest BCUT2D eigenvalue weighted by molar-refractivity contribution is -0.131. The molecule has 0 spiro atoms. The van der Waals surface area contributed by atoms with Crippen LogP contribution in [0, 0.1) is 12.3 Å². The van der Waals surface area contributed by atoms with Crippen molar-refractivity contribution < 1.29 is 9.59 Å². The molecule has 0 saturated carbocycles. The number of aryl methyl sites for hydroxylation is 1. The molecule has 0 aliphatic rings. The van der Waals surface area contributed by atoms with Crippen molar-refractivity contribution in [1.82, 2.24) is 9.47 Å². The predicted octanol–water partition coefficient (Wildman–Crippen LogP) is 2.37. The summed E-state index contributed by atoms with van der Waals surface area (Å²) in [6.45, 7) is 12.5. The first-order valence-corrected chi connectivity index (χ1v) is 11.0. The van der Waals surface area contributed by atoms with E-state index in [0.717, 1.165) is 9.75 Å². The van der Waals surface area contributed by atoms with E-state index in [9.17, 15) is 14.4 Å². The minimum absolute atomic E-state index is 0.0580. The number of hydrogen-bond donors (Lipinski definition) is 0. The lowest BCUT2D eigenvalue weighted by Gasteiger charge is -2.18. The molecule has 7 heteroatoms. The summed E-state index contributed by atoms with van der Waals surface area (Å²) in [6, 6.07) is 3.97. The first kappa shape index (κ1) is 22.3. The molecule has 0 unspecified atom stereocenters. The van der Waals surface area contributed by atoms with Crippen LogP contribution < -0.4 is 14.8 Å². The lowest BCUT2D eigenvalue weighted by atomic mass is 9.91. The SMILES string of the molecule is CCN(CC)C(=O)Cn1c(=O)/c(=C\c2ccc(C)s2)s/c1=C\C(=O)C(C)(C)C. The van der Waals surface area contributed by atoms with Gasteiger partial charge in [0.25, 0.3) is 5.56 Å². The van der Waals surface area contributed by atoms with Crippen LogP contribution in [-0.2, 0) is 16.1 Å². The van der Waals surface area contributed by atoms with E-state index in [4.69, 9.17) is 0 Å². The Kier molecular flexibility index (Phi) is 7.17. The fourth-order valence-electron chi connectivity index (χ4n) is 2.59. The van der Waals surface area contributed by atoms with Gasteiger partial charge in [0.15, 0.2) is 5.78 Å². The van der Waals surface area contributed by atoms with E-state index in [-0.39, 0.29) is 23.8 Å². The molecule has 2 heterocycles. The minimum atomic E-state index is -0.553. The second-order valence-corrected chi connectivity index (χ2v) is 9.99. The number of carbonyl (C=O) groups is 2. The van der Waals surface area contributed by atoms with Crippen LogP contribution in [0.4, 0.5) is 0 Å². The van der Waals surface area contributed by atoms with E-state index in [0.29, 0.717) is 22.3 Å². The monoisotopic (exact) mass is 420 g/mol. The summed E-state index contributed by atoms with van der Waals surface area (Å²) < 4.78 is 2.48. The average Bonchev–Trinajstić information content (AvgIpc) is 3.14. The maximum absolute atomic E-state index is 13.0. The number of thiazole rings is 1. The highest BCUT2D eigenvalue weighted by molar-refractivity contribution is 7.13. The number of thiophene rings is 1. The third-order valence-corrected chi connectivity index (χ3v) is 6.38. The second kappa shape index (κ2) is 9.01. The molecule has 0 aliphatic carbocycles. The first-order chi connectivity index (χ1) is 13.1. The molecule has 2 aromatic rings. The largest absolute Gasteiger partial charge is 0.342 e. The molecule has 0 aliphatic heterocycles. The van der Waals surface area contributed by atoms with E-state index in [1.807, 2.05) is 59.8 Å². The Morgan fingerprint density at radius 2 is 1.79 bits per heavy atom. The van der Waals surface area contributed by atoms with Crippen molar-refractivity contribution in [3.63, 3.8) is 0 Å². The van der Waals surface area contributed by atoms with Gasteiger partial charge in [-0.05, 0) is 39.0 Å². The molecule has 152 valence electrons. The number of hydrogen-bond acceptors (Lipinski definition) is 5. The van der Waals surface area contributed by atoms with Crippen molar-refractivity contribution in [2.45, 2.75) is 48.1 Å². The zero-order chi connectivity index (χ0) is 21.1. The molecule has 0 radical (unpaired) electrons. The Hall–Kier alpha value is -1.99. The number of nitrogens with zero attached hydrogens (tertiary/aromatic N) is 2. The summed E-state index contributed by atoms with van der Waals surface area (Å²) in [4.78, 5) is 42.0. The van der Waals surface area contributed by atoms with Gasteiger partial charge >= 0.3 is 0 Å². The molecule has 0 aromatic carbocycles. The van der Waals surface area contributed by atoms with Crippen LogP contribution in [0.15, 0.2) is 16.9 Å². The molecule has 0 saturated heterocycles. The molecular formula is C21H28N2O3S2. The predicted molar refractivity (Wildman–Crippen MR) is 117 cm³/mol. The van der Waals surface area contributed by atoms with Crippen LogP contribution in [-0.4, -0.2) is 34.2 Å². The Morgan fingerprint density at radius 1 is 1.14 bits per heavy atom. The van der Waals surface area contributed by atoms with Crippen LogP contribution in [0.2, 0.25) is 0 Å². The Labute approximate surface area is 173 Å². The quantitative estimate of drug-likeness (QED) is 0.721. The first-order valence-electron chi connectivity index (χ1n) is 9.38. The van der Waals surface area contributed by atoms with Gasteiger partial charge in [0, 0.05) is 34.3 Å². The molecule has 5 nitrogen and oxygen atoms in total. The molecular weight excluding hydrogens is 392 g/mol. The number of rotatable bonds is 6. The lowest BCUT2D eigenvalue weighted by Crippen LogP contribution is -2.40. The van der Waals surface area contributed by atoms with Gasteiger partial charge in [-0.1, -0.05) is 20.8 Å². The molecule has 0 bridgehead atoms. The number of Topliss-reactive ketones (excluding diaryl/α,β-unsaturated/α-hetero) is 1. The number of aromatic nitrogens is 1. The molecule has 1 amide bonds. The zero-order valence-electron chi connectivity index (χ0n) is 17.4. The van der Waals surface area contributed by atoms with E-state index in [1.165, 1.54) is 22.0 Å². The molecule has 2 aromatic heterocycles. The van der Waals surface area contributed by atoms with Crippen LogP contribution >= 0.6 is 22.7 Å². The highest BCUT2D eigenvalue weighted by atomic mass is 32.1. The van der Waals surface area contributed by atoms with Crippen LogP contribution in [0.5, 0.6) is 0 Å². The maximum atomic E-state index is 13.0. The Bertz CT molecular complexity index is 1030. The smallest absolute Gasteiger partial charge is 0.269 e. The van der Waals surface area contributed by atoms with Crippen molar-refractivity contribution in [3.05, 3.63) is 41.4 Å². The Morgan fingerprint density at radius 3 is 2.29 bits per heavy atom. The number of amides is 1. The fraction of sp³-hybridized carbons (Fsp3) is 0.476. The highest BCUT2D eigenvalue weighted by Gasteiger charge is 2.20. The maximum Gasteiger partial charge on any atom is 0.269 e. The summed E-state index contributed by atoms with van der Waals surface area (Å²) in [6.07, 6.45) is 3.33. The minimum Gasteiger partial charge on any atom is -0.342 e. The fourth-order valence-corrected chi connectivity index (χ4v) is 4.52. The standard InChI is InChI=1S/C21H28N2O3S2/c1-7-22(8-2)18(25)13-23-19(12-17(24)21(4,5)6)28-16(20(23)26)11-15-10-9-14(3)27-15/h9-12H,7-8,13H2,1-6H3/b16-11+,19-12-. The van der Waals surface area contributed by atoms with E-state index >= 15 is 0 Å². The molecule has 28 heavy (non-hydrogen) atoms. The van der Waals surface area contributed by atoms with Crippen molar-refractivity contribution in [2.75, 3.05) is 13.1 Å². The molecule has 2 rings (SSSR count). The van der Waals surface area contributed by atoms with Gasteiger partial charge in [0.2, 0.25) is 5.91 Å². The van der Waals surface area contributed by atoms with Gasteiger partial charge in [-0.15, -0.1) is 22.7 Å². The zero-order valence-corrected chi connectivity index (χ0v) is 19.0. The summed E-state index contributed by atoms with van der Waals surface area (Å²) in [5.41, 5.74) is -0.785. The van der Waals surface area contributed by atoms with Crippen molar-refractivity contribution in [2.24, 2.45) is 5.41 Å². The van der Waals surface area contributed by atoms with Gasteiger partial charge in [0.05, 0.1) is 4.53 Å². The summed E-state index contributed by atoms with van der Waals surface area (Å²) in [5, 5.41) is 0. The summed E-state index contributed by atoms with van der Waals surface area (Å²) in [5.74, 6) is -0.197. The van der Waals surface area contributed by atoms with Gasteiger partial charge in [-0.2, -0.15) is 0 Å². The van der Waals surface area contributed by atoms with Gasteiger partial charge in [-0.3, -0.25) is 19.0 Å². The van der Waals surface area contributed by atoms with Crippen molar-refractivity contribution >= 4 is 46.5 Å². The van der Waals surface area contributed by atoms with E-state index in [1.54, 1.807) is 16.2 Å². The Balaban J connectivity index is 2.62. The molecule has 0 fully saturated rings. The van der Waals surface area contributed by atoms with E-state index < -0.39 is 5.41 Å². The van der Waals surface area contributed by atoms with Gasteiger partial charge in [0.1, 0.15) is 11.2 Å². The van der Waals surface area contributed by atoms with Gasteiger partial charge < -0.3 is 4.90 Å². The second-order valence-electron chi connectivity index (χ2n) is 7.61. The van der Waals surface area contributed by atoms with Crippen LogP contribution in [0.3, 0.4) is 0 Å². The van der Waals surface area contributed by atoms with E-state index in [2.05, 4.69) is 0 Å².